The molecule has 10 aromatic rings. The molecule has 6 heteroatoms. The Hall–Kier alpha value is -7.36. The van der Waals surface area contributed by atoms with Crippen LogP contribution >= 0.6 is 0 Å². The minimum atomic E-state index is -4.50. The van der Waals surface area contributed by atoms with Gasteiger partial charge in [-0.15, -0.1) is 0 Å². The monoisotopic (exact) mass is 799 g/mol. The van der Waals surface area contributed by atoms with Gasteiger partial charge in [0.15, 0.2) is 0 Å². The van der Waals surface area contributed by atoms with Crippen molar-refractivity contribution >= 4 is 43.6 Å². The molecular weight excluding hydrogens is 760 g/mol. The maximum absolute atomic E-state index is 14.1. The average molecular weight is 800 g/mol. The zero-order valence-electron chi connectivity index (χ0n) is 34.4. The number of para-hydroxylation sites is 2. The van der Waals surface area contributed by atoms with Gasteiger partial charge in [-0.05, 0) is 140 Å². The third kappa shape index (κ3) is 6.19. The van der Waals surface area contributed by atoms with Gasteiger partial charge in [0.2, 0.25) is 0 Å². The lowest BCUT2D eigenvalue weighted by Gasteiger charge is -2.20. The molecule has 0 amide bonds. The number of nitrogens with zero attached hydrogens (tertiary/aromatic N) is 3. The number of aryl methyl sites for hydroxylation is 5. The van der Waals surface area contributed by atoms with E-state index >= 15 is 0 Å². The molecule has 8 aromatic carbocycles. The van der Waals surface area contributed by atoms with E-state index in [-0.39, 0.29) is 0 Å². The number of nitriles is 1. The fourth-order valence-electron chi connectivity index (χ4n) is 9.47. The molecule has 0 aliphatic heterocycles. The Morgan fingerprint density at radius 2 is 0.902 bits per heavy atom. The standard InChI is InChI=1S/C55H40F3N3/c1-32-14-19-41(34(3)24-32)37-16-22-51-46(27-37)44-10-6-8-12-49(44)60(51)53-30-48(43-21-18-40(26-36(43)5)55(56,57)58)54(29-39(53)31-59)61-50-13-9-7-11-45(50)47-28-38(17-23-52(47)61)42-20-15-33(2)25-35(42)4/h6-30H,1-5H3. The Morgan fingerprint density at radius 1 is 0.426 bits per heavy atom. The van der Waals surface area contributed by atoms with Crippen molar-refractivity contribution in [3.63, 3.8) is 0 Å². The molecule has 0 N–H and O–H groups in total. The Kier molecular flexibility index (Phi) is 8.78. The van der Waals surface area contributed by atoms with Gasteiger partial charge in [0.1, 0.15) is 6.07 Å². The Bertz CT molecular complexity index is 3480. The smallest absolute Gasteiger partial charge is 0.309 e. The number of fused-ring (bicyclic) bond motifs is 6. The van der Waals surface area contributed by atoms with Gasteiger partial charge in [-0.25, -0.2) is 0 Å². The minimum Gasteiger partial charge on any atom is -0.309 e. The summed E-state index contributed by atoms with van der Waals surface area (Å²) < 4.78 is 46.7. The Labute approximate surface area is 352 Å². The predicted molar refractivity (Wildman–Crippen MR) is 245 cm³/mol. The van der Waals surface area contributed by atoms with Crippen LogP contribution in [0.25, 0.3) is 88.4 Å². The number of rotatable bonds is 5. The molecule has 0 saturated heterocycles. The van der Waals surface area contributed by atoms with Crippen LogP contribution in [0.3, 0.4) is 0 Å². The number of aromatic nitrogens is 2. The molecule has 0 radical (unpaired) electrons. The van der Waals surface area contributed by atoms with Crippen molar-refractivity contribution in [1.29, 1.82) is 5.26 Å². The summed E-state index contributed by atoms with van der Waals surface area (Å²) in [6.07, 6.45) is -4.50. The molecule has 3 nitrogen and oxygen atoms in total. The SMILES string of the molecule is Cc1ccc(-c2ccc3c(c2)c2ccccc2n3-c2cc(-c3ccc(C(F)(F)F)cc3C)c(-n3c4ccccc4c4cc(-c5ccc(C)cc5C)ccc43)cc2C#N)c(C)c1. The molecule has 2 heterocycles. The van der Waals surface area contributed by atoms with Crippen molar-refractivity contribution in [3.05, 3.63) is 191 Å². The summed E-state index contributed by atoms with van der Waals surface area (Å²) in [6.45, 7) is 10.2. The first-order valence-electron chi connectivity index (χ1n) is 20.4. The second-order valence-corrected chi connectivity index (χ2v) is 16.3. The summed E-state index contributed by atoms with van der Waals surface area (Å²) >= 11 is 0. The van der Waals surface area contributed by atoms with Crippen LogP contribution in [0.15, 0.2) is 152 Å². The highest BCUT2D eigenvalue weighted by atomic mass is 19.4. The molecule has 0 atom stereocenters. The van der Waals surface area contributed by atoms with Crippen molar-refractivity contribution in [3.8, 4) is 50.8 Å². The number of hydrogen-bond acceptors (Lipinski definition) is 1. The van der Waals surface area contributed by atoms with E-state index in [2.05, 4.69) is 140 Å². The second-order valence-electron chi connectivity index (χ2n) is 16.3. The van der Waals surface area contributed by atoms with Crippen molar-refractivity contribution in [2.75, 3.05) is 0 Å². The maximum atomic E-state index is 14.1. The Balaban J connectivity index is 1.27. The van der Waals surface area contributed by atoms with Crippen LogP contribution in [-0.4, -0.2) is 9.13 Å². The van der Waals surface area contributed by atoms with Gasteiger partial charge in [-0.1, -0.05) is 102 Å². The number of alkyl halides is 3. The summed E-state index contributed by atoms with van der Waals surface area (Å²) in [5.74, 6) is 0. The van der Waals surface area contributed by atoms with Crippen molar-refractivity contribution < 1.29 is 13.2 Å². The second kappa shape index (κ2) is 14.1. The molecule has 0 aliphatic rings. The molecule has 296 valence electrons. The minimum absolute atomic E-state index is 0.433. The van der Waals surface area contributed by atoms with E-state index in [1.165, 1.54) is 28.3 Å². The van der Waals surface area contributed by atoms with Gasteiger partial charge in [-0.3, -0.25) is 0 Å². The molecule has 0 bridgehead atoms. The highest BCUT2D eigenvalue weighted by molar-refractivity contribution is 6.12. The molecular formula is C55H40F3N3. The van der Waals surface area contributed by atoms with E-state index in [0.29, 0.717) is 33.6 Å². The fraction of sp³-hybridized carbons (Fsp3) is 0.109. The topological polar surface area (TPSA) is 33.6 Å². The molecule has 61 heavy (non-hydrogen) atoms. The third-order valence-electron chi connectivity index (χ3n) is 12.3. The van der Waals surface area contributed by atoms with Crippen LogP contribution in [0.5, 0.6) is 0 Å². The van der Waals surface area contributed by atoms with Crippen LogP contribution in [0, 0.1) is 45.9 Å². The summed E-state index contributed by atoms with van der Waals surface area (Å²) in [6, 6.07) is 52.6. The molecule has 0 spiro atoms. The molecule has 0 aliphatic carbocycles. The number of benzene rings is 8. The lowest BCUT2D eigenvalue weighted by atomic mass is 9.94. The lowest BCUT2D eigenvalue weighted by molar-refractivity contribution is -0.137. The highest BCUT2D eigenvalue weighted by Gasteiger charge is 2.31. The molecule has 2 aromatic heterocycles. The summed E-state index contributed by atoms with van der Waals surface area (Å²) in [7, 11) is 0. The van der Waals surface area contributed by atoms with Crippen LogP contribution < -0.4 is 0 Å². The van der Waals surface area contributed by atoms with E-state index in [9.17, 15) is 18.4 Å². The van der Waals surface area contributed by atoms with Crippen LogP contribution in [0.2, 0.25) is 0 Å². The van der Waals surface area contributed by atoms with Crippen molar-refractivity contribution in [2.24, 2.45) is 0 Å². The van der Waals surface area contributed by atoms with Gasteiger partial charge in [0.05, 0.1) is 44.6 Å². The van der Waals surface area contributed by atoms with Gasteiger partial charge in [0.25, 0.3) is 0 Å². The molecule has 10 rings (SSSR count). The molecule has 0 unspecified atom stereocenters. The molecule has 0 fully saturated rings. The van der Waals surface area contributed by atoms with E-state index in [0.717, 1.165) is 71.9 Å². The van der Waals surface area contributed by atoms with Gasteiger partial charge < -0.3 is 9.13 Å². The number of halogens is 3. The average Bonchev–Trinajstić information content (AvgIpc) is 3.75. The highest BCUT2D eigenvalue weighted by Crippen LogP contribution is 2.44. The first-order valence-corrected chi connectivity index (χ1v) is 20.4. The van der Waals surface area contributed by atoms with Crippen molar-refractivity contribution in [2.45, 2.75) is 40.8 Å². The van der Waals surface area contributed by atoms with E-state index in [1.807, 2.05) is 36.4 Å². The number of hydrogen-bond donors (Lipinski definition) is 0. The normalized spacial score (nSPS) is 11.9. The van der Waals surface area contributed by atoms with E-state index < -0.39 is 11.7 Å². The summed E-state index contributed by atoms with van der Waals surface area (Å²) in [5.41, 5.74) is 15.8. The lowest BCUT2D eigenvalue weighted by Crippen LogP contribution is -2.07. The fourth-order valence-corrected chi connectivity index (χ4v) is 9.47. The van der Waals surface area contributed by atoms with Crippen LogP contribution in [0.1, 0.15) is 38.9 Å². The zero-order valence-corrected chi connectivity index (χ0v) is 34.4. The van der Waals surface area contributed by atoms with Crippen LogP contribution in [-0.2, 0) is 6.18 Å². The van der Waals surface area contributed by atoms with Gasteiger partial charge >= 0.3 is 6.18 Å². The van der Waals surface area contributed by atoms with Crippen molar-refractivity contribution in [1.82, 2.24) is 9.13 Å². The largest absolute Gasteiger partial charge is 0.416 e. The summed E-state index contributed by atoms with van der Waals surface area (Å²) in [4.78, 5) is 0. The maximum Gasteiger partial charge on any atom is 0.416 e. The Morgan fingerprint density at radius 3 is 1.39 bits per heavy atom. The zero-order chi connectivity index (χ0) is 42.3. The molecule has 0 saturated carbocycles. The first kappa shape index (κ1) is 37.9. The van der Waals surface area contributed by atoms with Crippen LogP contribution in [0.4, 0.5) is 13.2 Å². The van der Waals surface area contributed by atoms with E-state index in [4.69, 9.17) is 0 Å². The first-order chi connectivity index (χ1) is 29.4. The quantitative estimate of drug-likeness (QED) is 0.171. The predicted octanol–water partition coefficient (Wildman–Crippen LogP) is 15.3. The summed E-state index contributed by atoms with van der Waals surface area (Å²) in [5, 5.41) is 15.2. The van der Waals surface area contributed by atoms with Gasteiger partial charge in [0, 0.05) is 27.1 Å². The van der Waals surface area contributed by atoms with E-state index in [1.54, 1.807) is 13.0 Å². The third-order valence-corrected chi connectivity index (χ3v) is 12.3. The van der Waals surface area contributed by atoms with Gasteiger partial charge in [-0.2, -0.15) is 18.4 Å².